The molecule has 0 fully saturated rings. The molecule has 0 bridgehead atoms. The van der Waals surface area contributed by atoms with Crippen LogP contribution in [0.25, 0.3) is 0 Å². The lowest BCUT2D eigenvalue weighted by Gasteiger charge is -2.24. The molecule has 356 valence electrons. The van der Waals surface area contributed by atoms with Crippen molar-refractivity contribution in [3.63, 3.8) is 0 Å². The number of quaternary nitrogens is 1. The highest BCUT2D eigenvalue weighted by Crippen LogP contribution is 2.43. The van der Waals surface area contributed by atoms with Gasteiger partial charge in [-0.3, -0.25) is 18.6 Å². The van der Waals surface area contributed by atoms with Gasteiger partial charge >= 0.3 is 19.8 Å². The van der Waals surface area contributed by atoms with E-state index in [1.54, 1.807) is 0 Å². The second-order valence-electron chi connectivity index (χ2n) is 18.6. The fourth-order valence-electron chi connectivity index (χ4n) is 7.31. The molecule has 0 aliphatic carbocycles. The number of phosphoric ester groups is 1. The molecule has 0 saturated carbocycles. The van der Waals surface area contributed by atoms with Gasteiger partial charge in [-0.05, 0) is 38.5 Å². The first-order chi connectivity index (χ1) is 29.0. The Morgan fingerprint density at radius 1 is 0.500 bits per heavy atom. The topological polar surface area (TPSA) is 108 Å². The largest absolute Gasteiger partial charge is 0.472 e. The summed E-state index contributed by atoms with van der Waals surface area (Å²) < 4.78 is 34.4. The van der Waals surface area contributed by atoms with Gasteiger partial charge in [-0.25, -0.2) is 4.57 Å². The smallest absolute Gasteiger partial charge is 0.462 e. The van der Waals surface area contributed by atoms with Gasteiger partial charge in [-0.2, -0.15) is 0 Å². The molecule has 60 heavy (non-hydrogen) atoms. The van der Waals surface area contributed by atoms with Gasteiger partial charge in [-0.15, -0.1) is 0 Å². The normalized spacial score (nSPS) is 13.5. The van der Waals surface area contributed by atoms with E-state index in [9.17, 15) is 19.0 Å². The van der Waals surface area contributed by atoms with E-state index in [0.717, 1.165) is 32.1 Å². The van der Waals surface area contributed by atoms with Crippen LogP contribution >= 0.6 is 7.82 Å². The van der Waals surface area contributed by atoms with E-state index in [2.05, 4.69) is 26.0 Å². The lowest BCUT2D eigenvalue weighted by molar-refractivity contribution is -0.870. The van der Waals surface area contributed by atoms with Gasteiger partial charge < -0.3 is 18.9 Å². The van der Waals surface area contributed by atoms with Crippen molar-refractivity contribution in [3.05, 3.63) is 12.2 Å². The molecule has 0 aromatic rings. The number of unbranched alkanes of at least 4 members (excludes halogenated alkanes) is 31. The van der Waals surface area contributed by atoms with Crippen molar-refractivity contribution >= 4 is 19.8 Å². The van der Waals surface area contributed by atoms with Crippen molar-refractivity contribution in [2.24, 2.45) is 0 Å². The molecule has 1 unspecified atom stereocenters. The number of esters is 2. The van der Waals surface area contributed by atoms with Crippen molar-refractivity contribution in [1.82, 2.24) is 0 Å². The molecule has 9 nitrogen and oxygen atoms in total. The Morgan fingerprint density at radius 2 is 0.850 bits per heavy atom. The maximum absolute atomic E-state index is 12.7. The Hall–Kier alpha value is -1.25. The van der Waals surface area contributed by atoms with E-state index >= 15 is 0 Å². The SMILES string of the molecule is CCCCCCCC/C=C\CCCCCCCCCCCCCC(=O)O[C@H](COC(=O)CCCCCCCCCCCCCCCCC)COP(=O)(O)OCC[N+](C)(C)C. The minimum absolute atomic E-state index is 0.0352. The van der Waals surface area contributed by atoms with Gasteiger partial charge in [0, 0.05) is 12.8 Å². The summed E-state index contributed by atoms with van der Waals surface area (Å²) in [6.07, 6.45) is 46.9. The van der Waals surface area contributed by atoms with E-state index in [0.29, 0.717) is 23.9 Å². The molecule has 0 aromatic heterocycles. The fraction of sp³-hybridized carbons (Fsp3) is 0.920. The lowest BCUT2D eigenvalue weighted by atomic mass is 10.0. The highest BCUT2D eigenvalue weighted by atomic mass is 31.2. The Bertz CT molecular complexity index is 1030. The zero-order valence-electron chi connectivity index (χ0n) is 40.2. The van der Waals surface area contributed by atoms with Crippen molar-refractivity contribution in [3.8, 4) is 0 Å². The van der Waals surface area contributed by atoms with Crippen LogP contribution in [0.5, 0.6) is 0 Å². The van der Waals surface area contributed by atoms with Crippen molar-refractivity contribution in [2.75, 3.05) is 47.5 Å². The fourth-order valence-corrected chi connectivity index (χ4v) is 8.05. The lowest BCUT2D eigenvalue weighted by Crippen LogP contribution is -2.37. The third-order valence-electron chi connectivity index (χ3n) is 11.3. The van der Waals surface area contributed by atoms with E-state index in [1.165, 1.54) is 180 Å². The maximum Gasteiger partial charge on any atom is 0.472 e. The zero-order valence-corrected chi connectivity index (χ0v) is 41.1. The molecule has 0 aliphatic rings. The number of ether oxygens (including phenoxy) is 2. The van der Waals surface area contributed by atoms with Gasteiger partial charge in [0.25, 0.3) is 0 Å². The Balaban J connectivity index is 4.21. The van der Waals surface area contributed by atoms with Crippen LogP contribution in [0.4, 0.5) is 0 Å². The van der Waals surface area contributed by atoms with Gasteiger partial charge in [0.15, 0.2) is 6.10 Å². The molecule has 0 amide bonds. The average Bonchev–Trinajstić information content (AvgIpc) is 3.20. The van der Waals surface area contributed by atoms with Gasteiger partial charge in [-0.1, -0.05) is 206 Å². The minimum Gasteiger partial charge on any atom is -0.462 e. The molecule has 0 spiro atoms. The standard InChI is InChI=1S/C50H98NO8P/c1-6-8-10-12-14-16-18-20-22-23-24-25-26-27-29-31-33-35-37-39-41-43-50(53)59-48(47-58-60(54,55)57-45-44-51(3,4)5)46-56-49(52)42-40-38-36-34-32-30-28-21-19-17-15-13-11-9-7-2/h20,22,48H,6-19,21,23-47H2,1-5H3/p+1/b22-20-/t48-/m1/s1. The second kappa shape index (κ2) is 43.0. The van der Waals surface area contributed by atoms with Gasteiger partial charge in [0.1, 0.15) is 19.8 Å². The number of likely N-dealkylation sites (N-methyl/N-ethyl adjacent to an activating group) is 1. The molecule has 0 aromatic carbocycles. The highest BCUT2D eigenvalue weighted by molar-refractivity contribution is 7.47. The predicted octanol–water partition coefficient (Wildman–Crippen LogP) is 14.9. The van der Waals surface area contributed by atoms with Crippen LogP contribution in [0.2, 0.25) is 0 Å². The molecule has 0 heterocycles. The zero-order chi connectivity index (χ0) is 44.3. The molecule has 0 saturated heterocycles. The minimum atomic E-state index is -4.37. The molecule has 0 aliphatic heterocycles. The molecule has 10 heteroatoms. The summed E-state index contributed by atoms with van der Waals surface area (Å²) in [5.41, 5.74) is 0. The Labute approximate surface area is 371 Å². The van der Waals surface area contributed by atoms with E-state index < -0.39 is 26.5 Å². The first kappa shape index (κ1) is 58.8. The predicted molar refractivity (Wildman–Crippen MR) is 252 cm³/mol. The quantitative estimate of drug-likeness (QED) is 0.0212. The first-order valence-corrected chi connectivity index (χ1v) is 26.9. The van der Waals surface area contributed by atoms with Crippen LogP contribution in [0, 0.1) is 0 Å². The number of phosphoric acid groups is 1. The Kier molecular flexibility index (Phi) is 42.1. The summed E-state index contributed by atoms with van der Waals surface area (Å²) >= 11 is 0. The monoisotopic (exact) mass is 873 g/mol. The average molecular weight is 873 g/mol. The molecular formula is C50H99NO8P+. The summed E-state index contributed by atoms with van der Waals surface area (Å²) in [4.78, 5) is 35.5. The number of carbonyl (C=O) groups excluding carboxylic acids is 2. The van der Waals surface area contributed by atoms with Crippen LogP contribution in [0.3, 0.4) is 0 Å². The number of hydrogen-bond donors (Lipinski definition) is 1. The second-order valence-corrected chi connectivity index (χ2v) is 20.0. The number of allylic oxidation sites excluding steroid dienone is 2. The Morgan fingerprint density at radius 3 is 1.23 bits per heavy atom. The summed E-state index contributed by atoms with van der Waals surface area (Å²) in [5, 5.41) is 0. The molecule has 0 rings (SSSR count). The molecule has 1 N–H and O–H groups in total. The van der Waals surface area contributed by atoms with Crippen LogP contribution in [-0.2, 0) is 32.7 Å². The third-order valence-corrected chi connectivity index (χ3v) is 12.3. The van der Waals surface area contributed by atoms with Crippen LogP contribution < -0.4 is 0 Å². The summed E-state index contributed by atoms with van der Waals surface area (Å²) in [5.74, 6) is -0.784. The van der Waals surface area contributed by atoms with Crippen molar-refractivity contribution in [1.29, 1.82) is 0 Å². The number of hydrogen-bond acceptors (Lipinski definition) is 7. The third kappa shape index (κ3) is 46.3. The molecular weight excluding hydrogens is 774 g/mol. The summed E-state index contributed by atoms with van der Waals surface area (Å²) in [7, 11) is 1.49. The summed E-state index contributed by atoms with van der Waals surface area (Å²) in [6.45, 7) is 4.46. The van der Waals surface area contributed by atoms with E-state index in [-0.39, 0.29) is 25.6 Å². The van der Waals surface area contributed by atoms with Crippen LogP contribution in [-0.4, -0.2) is 74.9 Å². The van der Waals surface area contributed by atoms with Crippen LogP contribution in [0.1, 0.15) is 245 Å². The van der Waals surface area contributed by atoms with Crippen molar-refractivity contribution in [2.45, 2.75) is 251 Å². The number of nitrogens with zero attached hydrogens (tertiary/aromatic N) is 1. The van der Waals surface area contributed by atoms with E-state index in [1.807, 2.05) is 21.1 Å². The summed E-state index contributed by atoms with van der Waals surface area (Å²) in [6, 6.07) is 0. The highest BCUT2D eigenvalue weighted by Gasteiger charge is 2.27. The maximum atomic E-state index is 12.7. The first-order valence-electron chi connectivity index (χ1n) is 25.4. The molecule has 2 atom stereocenters. The van der Waals surface area contributed by atoms with Gasteiger partial charge in [0.05, 0.1) is 27.7 Å². The number of rotatable bonds is 47. The number of carbonyl (C=O) groups is 2. The van der Waals surface area contributed by atoms with Gasteiger partial charge in [0.2, 0.25) is 0 Å². The van der Waals surface area contributed by atoms with Crippen LogP contribution in [0.15, 0.2) is 12.2 Å². The van der Waals surface area contributed by atoms with E-state index in [4.69, 9.17) is 18.5 Å². The molecule has 0 radical (unpaired) electrons. The van der Waals surface area contributed by atoms with Crippen molar-refractivity contribution < 1.29 is 42.1 Å².